The predicted octanol–water partition coefficient (Wildman–Crippen LogP) is 1.34. The van der Waals surface area contributed by atoms with Gasteiger partial charge in [-0.15, -0.1) is 0 Å². The van der Waals surface area contributed by atoms with Crippen LogP contribution in [0.15, 0.2) is 29.2 Å². The van der Waals surface area contributed by atoms with Crippen LogP contribution in [0.4, 0.5) is 8.78 Å². The van der Waals surface area contributed by atoms with Gasteiger partial charge < -0.3 is 5.32 Å². The number of halogens is 2. The van der Waals surface area contributed by atoms with Crippen LogP contribution in [0.5, 0.6) is 0 Å². The standard InChI is InChI=1S/C11H16F2N2O2S/c1-2-14-7-9-3-5-10(6-4-9)18(16,17)15-8-11(12)13/h3-6,11,14-15H,2,7-8H2,1H3. The van der Waals surface area contributed by atoms with Gasteiger partial charge in [-0.1, -0.05) is 19.1 Å². The van der Waals surface area contributed by atoms with Crippen LogP contribution in [0.2, 0.25) is 0 Å². The third-order valence-corrected chi connectivity index (χ3v) is 3.68. The van der Waals surface area contributed by atoms with E-state index in [1.165, 1.54) is 12.1 Å². The van der Waals surface area contributed by atoms with Gasteiger partial charge in [-0.2, -0.15) is 0 Å². The van der Waals surface area contributed by atoms with Crippen molar-refractivity contribution in [3.05, 3.63) is 29.8 Å². The van der Waals surface area contributed by atoms with Gasteiger partial charge in [0.2, 0.25) is 10.0 Å². The highest BCUT2D eigenvalue weighted by Crippen LogP contribution is 2.10. The highest BCUT2D eigenvalue weighted by Gasteiger charge is 2.15. The molecule has 0 amide bonds. The lowest BCUT2D eigenvalue weighted by atomic mass is 10.2. The van der Waals surface area contributed by atoms with Crippen molar-refractivity contribution < 1.29 is 17.2 Å². The number of hydrogen-bond acceptors (Lipinski definition) is 3. The van der Waals surface area contributed by atoms with Gasteiger partial charge in [0.15, 0.2) is 0 Å². The zero-order valence-electron chi connectivity index (χ0n) is 9.99. The molecule has 7 heteroatoms. The molecule has 0 aliphatic carbocycles. The van der Waals surface area contributed by atoms with E-state index in [0.29, 0.717) is 6.54 Å². The molecule has 4 nitrogen and oxygen atoms in total. The molecule has 0 atom stereocenters. The van der Waals surface area contributed by atoms with E-state index in [-0.39, 0.29) is 4.90 Å². The van der Waals surface area contributed by atoms with E-state index >= 15 is 0 Å². The summed E-state index contributed by atoms with van der Waals surface area (Å²) >= 11 is 0. The molecule has 0 aliphatic heterocycles. The van der Waals surface area contributed by atoms with Crippen LogP contribution in [0.3, 0.4) is 0 Å². The van der Waals surface area contributed by atoms with E-state index in [1.807, 2.05) is 11.6 Å². The normalized spacial score (nSPS) is 12.0. The highest BCUT2D eigenvalue weighted by atomic mass is 32.2. The second-order valence-electron chi connectivity index (χ2n) is 3.67. The van der Waals surface area contributed by atoms with Crippen molar-refractivity contribution in [2.75, 3.05) is 13.1 Å². The van der Waals surface area contributed by atoms with Crippen molar-refractivity contribution in [2.45, 2.75) is 24.8 Å². The SMILES string of the molecule is CCNCc1ccc(S(=O)(=O)NCC(F)F)cc1. The van der Waals surface area contributed by atoms with E-state index in [1.54, 1.807) is 12.1 Å². The number of rotatable bonds is 7. The Morgan fingerprint density at radius 2 is 1.83 bits per heavy atom. The van der Waals surface area contributed by atoms with Crippen LogP contribution >= 0.6 is 0 Å². The maximum atomic E-state index is 11.9. The fourth-order valence-corrected chi connectivity index (χ4v) is 2.32. The number of nitrogens with one attached hydrogen (secondary N) is 2. The summed E-state index contributed by atoms with van der Waals surface area (Å²) in [5.41, 5.74) is 0.935. The summed E-state index contributed by atoms with van der Waals surface area (Å²) in [6.07, 6.45) is -2.70. The molecule has 2 N–H and O–H groups in total. The van der Waals surface area contributed by atoms with Gasteiger partial charge in [0, 0.05) is 6.54 Å². The molecule has 18 heavy (non-hydrogen) atoms. The van der Waals surface area contributed by atoms with E-state index in [9.17, 15) is 17.2 Å². The third kappa shape index (κ3) is 4.67. The molecule has 1 aromatic carbocycles. The molecule has 1 rings (SSSR count). The van der Waals surface area contributed by atoms with E-state index in [2.05, 4.69) is 5.32 Å². The first-order valence-electron chi connectivity index (χ1n) is 5.53. The Morgan fingerprint density at radius 3 is 2.33 bits per heavy atom. The fourth-order valence-electron chi connectivity index (χ4n) is 1.31. The third-order valence-electron chi connectivity index (χ3n) is 2.24. The fraction of sp³-hybridized carbons (Fsp3) is 0.455. The summed E-state index contributed by atoms with van der Waals surface area (Å²) in [7, 11) is -3.84. The van der Waals surface area contributed by atoms with Crippen LogP contribution in [0.1, 0.15) is 12.5 Å². The van der Waals surface area contributed by atoms with Crippen molar-refractivity contribution in [2.24, 2.45) is 0 Å². The van der Waals surface area contributed by atoms with Gasteiger partial charge in [-0.05, 0) is 24.2 Å². The number of sulfonamides is 1. The summed E-state index contributed by atoms with van der Waals surface area (Å²) in [6, 6.07) is 6.11. The molecule has 0 aliphatic rings. The number of hydrogen-bond donors (Lipinski definition) is 2. The summed E-state index contributed by atoms with van der Waals surface area (Å²) in [5, 5.41) is 3.10. The molecule has 102 valence electrons. The average Bonchev–Trinajstić information content (AvgIpc) is 2.34. The average molecular weight is 278 g/mol. The minimum absolute atomic E-state index is 0.0107. The minimum atomic E-state index is -3.84. The maximum Gasteiger partial charge on any atom is 0.251 e. The van der Waals surface area contributed by atoms with Crippen molar-refractivity contribution in [1.29, 1.82) is 0 Å². The number of benzene rings is 1. The highest BCUT2D eigenvalue weighted by molar-refractivity contribution is 7.89. The summed E-state index contributed by atoms with van der Waals surface area (Å²) in [5.74, 6) is 0. The van der Waals surface area contributed by atoms with Crippen molar-refractivity contribution in [3.63, 3.8) is 0 Å². The van der Waals surface area contributed by atoms with Gasteiger partial charge >= 0.3 is 0 Å². The van der Waals surface area contributed by atoms with Crippen LogP contribution < -0.4 is 10.0 Å². The lowest BCUT2D eigenvalue weighted by Crippen LogP contribution is -2.28. The second-order valence-corrected chi connectivity index (χ2v) is 5.43. The van der Waals surface area contributed by atoms with Gasteiger partial charge in [0.1, 0.15) is 0 Å². The van der Waals surface area contributed by atoms with Gasteiger partial charge in [-0.25, -0.2) is 21.9 Å². The summed E-state index contributed by atoms with van der Waals surface area (Å²) in [4.78, 5) is -0.0107. The molecule has 0 bridgehead atoms. The van der Waals surface area contributed by atoms with Gasteiger partial charge in [0.05, 0.1) is 11.4 Å². The molecule has 0 fully saturated rings. The first kappa shape index (κ1) is 15.0. The molecule has 0 unspecified atom stereocenters. The van der Waals surface area contributed by atoms with E-state index < -0.39 is 23.0 Å². The van der Waals surface area contributed by atoms with Crippen molar-refractivity contribution in [1.82, 2.24) is 10.0 Å². The second kappa shape index (κ2) is 6.77. The monoisotopic (exact) mass is 278 g/mol. The smallest absolute Gasteiger partial charge is 0.251 e. The molecule has 0 spiro atoms. The van der Waals surface area contributed by atoms with E-state index in [0.717, 1.165) is 12.1 Å². The van der Waals surface area contributed by atoms with Gasteiger partial charge in [0.25, 0.3) is 6.43 Å². The Labute approximate surface area is 105 Å². The maximum absolute atomic E-state index is 11.9. The summed E-state index contributed by atoms with van der Waals surface area (Å²) in [6.45, 7) is 2.55. The number of alkyl halides is 2. The quantitative estimate of drug-likeness (QED) is 0.791. The molecule has 0 radical (unpaired) electrons. The van der Waals surface area contributed by atoms with Crippen LogP contribution in [0, 0.1) is 0 Å². The molecular formula is C11H16F2N2O2S. The van der Waals surface area contributed by atoms with Crippen LogP contribution in [-0.4, -0.2) is 27.9 Å². The van der Waals surface area contributed by atoms with Crippen LogP contribution in [-0.2, 0) is 16.6 Å². The molecule has 0 saturated carbocycles. The Balaban J connectivity index is 2.71. The van der Waals surface area contributed by atoms with E-state index in [4.69, 9.17) is 0 Å². The zero-order valence-corrected chi connectivity index (χ0v) is 10.8. The molecule has 0 aromatic heterocycles. The van der Waals surface area contributed by atoms with Crippen molar-refractivity contribution in [3.8, 4) is 0 Å². The Hall–Kier alpha value is -1.05. The Kier molecular flexibility index (Phi) is 5.64. The molecule has 0 heterocycles. The largest absolute Gasteiger partial charge is 0.313 e. The topological polar surface area (TPSA) is 58.2 Å². The lowest BCUT2D eigenvalue weighted by molar-refractivity contribution is 0.153. The molecule has 1 aromatic rings. The molecular weight excluding hydrogens is 262 g/mol. The van der Waals surface area contributed by atoms with Gasteiger partial charge in [-0.3, -0.25) is 0 Å². The van der Waals surface area contributed by atoms with Crippen LogP contribution in [0.25, 0.3) is 0 Å². The zero-order chi connectivity index (χ0) is 13.6. The Bertz CT molecular complexity index is 460. The minimum Gasteiger partial charge on any atom is -0.313 e. The predicted molar refractivity (Wildman–Crippen MR) is 65.0 cm³/mol. The molecule has 0 saturated heterocycles. The first-order chi connectivity index (χ1) is 8.45. The van der Waals surface area contributed by atoms with Crippen molar-refractivity contribution >= 4 is 10.0 Å². The first-order valence-corrected chi connectivity index (χ1v) is 7.01. The summed E-state index contributed by atoms with van der Waals surface area (Å²) < 4.78 is 48.9. The Morgan fingerprint density at radius 1 is 1.22 bits per heavy atom. The lowest BCUT2D eigenvalue weighted by Gasteiger charge is -2.07.